The summed E-state index contributed by atoms with van der Waals surface area (Å²) in [5, 5.41) is 19.8. The van der Waals surface area contributed by atoms with Gasteiger partial charge in [-0.05, 0) is 47.0 Å². The molecule has 0 aromatic carbocycles. The van der Waals surface area contributed by atoms with Crippen LogP contribution in [0.4, 0.5) is 0 Å². The average Bonchev–Trinajstić information content (AvgIpc) is 2.96. The minimum atomic E-state index is -1.17. The van der Waals surface area contributed by atoms with Crippen LogP contribution in [0.1, 0.15) is 106 Å². The van der Waals surface area contributed by atoms with Crippen molar-refractivity contribution in [2.45, 2.75) is 118 Å². The Morgan fingerprint density at radius 2 is 1.42 bits per heavy atom. The predicted molar refractivity (Wildman–Crippen MR) is 165 cm³/mol. The minimum Gasteiger partial charge on any atom is -0.462 e. The highest BCUT2D eigenvalue weighted by molar-refractivity contribution is 5.86. The summed E-state index contributed by atoms with van der Waals surface area (Å²) in [5.74, 6) is -2.10. The summed E-state index contributed by atoms with van der Waals surface area (Å²) >= 11 is 0. The number of nitrogens with zero attached hydrogens (tertiary/aromatic N) is 1. The second kappa shape index (κ2) is 22.1. The van der Waals surface area contributed by atoms with Crippen LogP contribution in [0.25, 0.3) is 0 Å². The quantitative estimate of drug-likeness (QED) is 0.0256. The van der Waals surface area contributed by atoms with Crippen molar-refractivity contribution >= 4 is 23.9 Å². The lowest BCUT2D eigenvalue weighted by molar-refractivity contribution is -0.279. The Hall–Kier alpha value is -3.43. The van der Waals surface area contributed by atoms with Crippen LogP contribution in [-0.2, 0) is 47.9 Å². The molecule has 0 bridgehead atoms. The van der Waals surface area contributed by atoms with Crippen LogP contribution in [0.5, 0.6) is 0 Å². The fourth-order valence-electron chi connectivity index (χ4n) is 4.21. The summed E-state index contributed by atoms with van der Waals surface area (Å²) in [6.07, 6.45) is 3.35. The van der Waals surface area contributed by atoms with Gasteiger partial charge in [0, 0.05) is 24.8 Å². The third-order valence-electron chi connectivity index (χ3n) is 6.53. The molecule has 3 atom stereocenters. The van der Waals surface area contributed by atoms with Crippen LogP contribution in [-0.4, -0.2) is 67.6 Å². The summed E-state index contributed by atoms with van der Waals surface area (Å²) in [6, 6.07) is 2.19. The van der Waals surface area contributed by atoms with Crippen molar-refractivity contribution in [3.05, 3.63) is 24.5 Å². The second-order valence-electron chi connectivity index (χ2n) is 12.2. The molecule has 45 heavy (non-hydrogen) atoms. The van der Waals surface area contributed by atoms with Crippen molar-refractivity contribution in [2.75, 3.05) is 26.4 Å². The van der Waals surface area contributed by atoms with Crippen molar-refractivity contribution in [2.24, 2.45) is 10.8 Å². The van der Waals surface area contributed by atoms with Gasteiger partial charge >= 0.3 is 23.9 Å². The van der Waals surface area contributed by atoms with Gasteiger partial charge in [-0.2, -0.15) is 10.1 Å². The highest BCUT2D eigenvalue weighted by Crippen LogP contribution is 2.39. The fourth-order valence-corrected chi connectivity index (χ4v) is 4.21. The summed E-state index contributed by atoms with van der Waals surface area (Å²) in [7, 11) is 0. The summed E-state index contributed by atoms with van der Waals surface area (Å²) in [6.45, 7) is 16.4. The van der Waals surface area contributed by atoms with Gasteiger partial charge in [0.05, 0.1) is 16.9 Å². The number of carbonyl (C=O) groups excluding carboxylic acids is 4. The zero-order valence-electron chi connectivity index (χ0n) is 27.9. The number of unbranched alkanes of at least 4 members (excludes halogenated alkanes) is 4. The normalized spacial score (nSPS) is 13.7. The molecular formula is C33H53NO11. The largest absolute Gasteiger partial charge is 0.462 e. The number of aliphatic hydroxyl groups excluding tert-OH is 1. The van der Waals surface area contributed by atoms with Gasteiger partial charge < -0.3 is 28.9 Å². The van der Waals surface area contributed by atoms with E-state index in [9.17, 15) is 29.5 Å². The van der Waals surface area contributed by atoms with Crippen LogP contribution < -0.4 is 0 Å². The molecule has 0 heterocycles. The summed E-state index contributed by atoms with van der Waals surface area (Å²) < 4.78 is 21.1. The average molecular weight is 640 g/mol. The van der Waals surface area contributed by atoms with Gasteiger partial charge in [0.1, 0.15) is 38.3 Å². The van der Waals surface area contributed by atoms with E-state index >= 15 is 0 Å². The van der Waals surface area contributed by atoms with Crippen molar-refractivity contribution in [1.29, 1.82) is 5.26 Å². The highest BCUT2D eigenvalue weighted by Gasteiger charge is 2.40. The van der Waals surface area contributed by atoms with Gasteiger partial charge in [0.25, 0.3) is 0 Å². The number of allylic oxidation sites excluding steroid dienone is 1. The number of aliphatic hydroxyl groups is 1. The molecule has 1 N–H and O–H groups in total. The minimum absolute atomic E-state index is 0.00701. The molecule has 0 aliphatic rings. The number of rotatable bonds is 25. The van der Waals surface area contributed by atoms with E-state index in [0.29, 0.717) is 12.8 Å². The molecule has 12 heteroatoms. The molecule has 0 spiro atoms. The van der Waals surface area contributed by atoms with Crippen LogP contribution in [0.15, 0.2) is 24.5 Å². The number of carbonyl (C=O) groups is 4. The maximum absolute atomic E-state index is 13.1. The van der Waals surface area contributed by atoms with Crippen LogP contribution in [0.3, 0.4) is 0 Å². The lowest BCUT2D eigenvalue weighted by Gasteiger charge is -2.31. The Morgan fingerprint density at radius 1 is 0.844 bits per heavy atom. The van der Waals surface area contributed by atoms with Gasteiger partial charge in [-0.15, -0.1) is 0 Å². The standard InChI is InChI=1S/C33H53NO11/c1-9-11-13-15-28(36)40-20-27(44-29(37)16-14-12-10-2)21-42-31(39)32(6,7)22-33(8,23-34)17-25(5)45-43-19-26(35)18-41-30(38)24(3)4/h26-27,35H,3,5,9-22H2,1-2,4,6-8H3. The van der Waals surface area contributed by atoms with Gasteiger partial charge in [0.15, 0.2) is 6.10 Å². The SMILES string of the molecule is C=C(CC(C)(C#N)CC(C)(C)C(=O)OCC(COC(=O)CCCCC)OC(=O)CCCCC)OOCC(O)COC(=O)C(=C)C. The zero-order chi connectivity index (χ0) is 34.5. The smallest absolute Gasteiger partial charge is 0.333 e. The number of esters is 4. The fraction of sp³-hybridized carbons (Fsp3) is 0.727. The molecule has 0 saturated carbocycles. The molecule has 0 aromatic rings. The summed E-state index contributed by atoms with van der Waals surface area (Å²) in [5.41, 5.74) is -2.09. The third-order valence-corrected chi connectivity index (χ3v) is 6.53. The van der Waals surface area contributed by atoms with Gasteiger partial charge in [-0.3, -0.25) is 14.4 Å². The van der Waals surface area contributed by atoms with E-state index in [4.69, 9.17) is 28.7 Å². The molecule has 0 amide bonds. The molecule has 0 aliphatic heterocycles. The first kappa shape index (κ1) is 41.6. The Morgan fingerprint density at radius 3 is 1.98 bits per heavy atom. The van der Waals surface area contributed by atoms with E-state index in [2.05, 4.69) is 19.2 Å². The third kappa shape index (κ3) is 19.5. The Kier molecular flexibility index (Phi) is 20.4. The van der Waals surface area contributed by atoms with E-state index in [1.165, 1.54) is 6.92 Å². The molecule has 0 radical (unpaired) electrons. The second-order valence-corrected chi connectivity index (χ2v) is 12.2. The van der Waals surface area contributed by atoms with Gasteiger partial charge in [-0.1, -0.05) is 52.7 Å². The Labute approximate surface area is 267 Å². The van der Waals surface area contributed by atoms with Crippen LogP contribution in [0.2, 0.25) is 0 Å². The molecule has 0 aliphatic carbocycles. The molecule has 256 valence electrons. The highest BCUT2D eigenvalue weighted by atomic mass is 17.2. The zero-order valence-corrected chi connectivity index (χ0v) is 27.9. The lowest BCUT2D eigenvalue weighted by atomic mass is 9.72. The van der Waals surface area contributed by atoms with Crippen molar-refractivity contribution < 1.29 is 53.0 Å². The van der Waals surface area contributed by atoms with Gasteiger partial charge in [-0.25, -0.2) is 4.79 Å². The first-order chi connectivity index (χ1) is 21.1. The molecule has 0 rings (SSSR count). The number of nitriles is 1. The molecule has 0 aromatic heterocycles. The molecule has 0 fully saturated rings. The molecular weight excluding hydrogens is 586 g/mol. The van der Waals surface area contributed by atoms with E-state index in [0.717, 1.165) is 25.7 Å². The number of ether oxygens (including phenoxy) is 4. The number of hydrogen-bond acceptors (Lipinski definition) is 12. The Balaban J connectivity index is 5.07. The van der Waals surface area contributed by atoms with Crippen molar-refractivity contribution in [3.8, 4) is 6.07 Å². The molecule has 0 saturated heterocycles. The topological polar surface area (TPSA) is 168 Å². The maximum Gasteiger partial charge on any atom is 0.333 e. The molecule has 12 nitrogen and oxygen atoms in total. The first-order valence-electron chi connectivity index (χ1n) is 15.5. The Bertz CT molecular complexity index is 1020. The van der Waals surface area contributed by atoms with E-state index < -0.39 is 46.9 Å². The monoisotopic (exact) mass is 639 g/mol. The predicted octanol–water partition coefficient (Wildman–Crippen LogP) is 5.42. The van der Waals surface area contributed by atoms with Crippen molar-refractivity contribution in [3.63, 3.8) is 0 Å². The molecule has 3 unspecified atom stereocenters. The maximum atomic E-state index is 13.1. The van der Waals surface area contributed by atoms with Crippen LogP contribution in [0, 0.1) is 22.2 Å². The van der Waals surface area contributed by atoms with Crippen molar-refractivity contribution in [1.82, 2.24) is 0 Å². The first-order valence-corrected chi connectivity index (χ1v) is 15.5. The van der Waals surface area contributed by atoms with Crippen LogP contribution >= 0.6 is 0 Å². The summed E-state index contributed by atoms with van der Waals surface area (Å²) in [4.78, 5) is 59.1. The lowest BCUT2D eigenvalue weighted by Crippen LogP contribution is -2.37. The number of hydrogen-bond donors (Lipinski definition) is 1. The van der Waals surface area contributed by atoms with E-state index in [-0.39, 0.29) is 63.4 Å². The van der Waals surface area contributed by atoms with Gasteiger partial charge in [0.2, 0.25) is 0 Å². The van der Waals surface area contributed by atoms with E-state index in [1.54, 1.807) is 20.8 Å². The van der Waals surface area contributed by atoms with E-state index in [1.807, 2.05) is 13.8 Å².